The SMILES string of the molecule is CNC(C(=O)c1ccc2c(c1)CCCC2)C(C)C. The van der Waals surface area contributed by atoms with E-state index in [-0.39, 0.29) is 11.8 Å². The van der Waals surface area contributed by atoms with Gasteiger partial charge in [0, 0.05) is 5.56 Å². The number of carbonyl (C=O) groups excluding carboxylic acids is 1. The number of hydrogen-bond donors (Lipinski definition) is 1. The number of fused-ring (bicyclic) bond motifs is 1. The molecular weight excluding hydrogens is 222 g/mol. The highest BCUT2D eigenvalue weighted by Crippen LogP contribution is 2.23. The lowest BCUT2D eigenvalue weighted by molar-refractivity contribution is 0.0922. The molecule has 0 fully saturated rings. The van der Waals surface area contributed by atoms with Gasteiger partial charge in [-0.25, -0.2) is 0 Å². The highest BCUT2D eigenvalue weighted by Gasteiger charge is 2.22. The second kappa shape index (κ2) is 5.66. The average molecular weight is 245 g/mol. The van der Waals surface area contributed by atoms with Gasteiger partial charge in [0.25, 0.3) is 0 Å². The number of Topliss-reactive ketones (excluding diaryl/α,β-unsaturated/α-hetero) is 1. The third-order valence-corrected chi connectivity index (χ3v) is 3.89. The standard InChI is InChI=1S/C16H23NO/c1-11(2)15(17-3)16(18)14-9-8-12-6-4-5-7-13(12)10-14/h8-11,15,17H,4-7H2,1-3H3. The van der Waals surface area contributed by atoms with Crippen LogP contribution in [0.1, 0.15) is 48.2 Å². The second-order valence-electron chi connectivity index (χ2n) is 5.57. The van der Waals surface area contributed by atoms with Crippen LogP contribution in [-0.2, 0) is 12.8 Å². The summed E-state index contributed by atoms with van der Waals surface area (Å²) in [4.78, 5) is 12.4. The Bertz CT molecular complexity index is 437. The lowest BCUT2D eigenvalue weighted by Gasteiger charge is -2.21. The van der Waals surface area contributed by atoms with E-state index in [0.29, 0.717) is 5.92 Å². The van der Waals surface area contributed by atoms with Crippen LogP contribution in [-0.4, -0.2) is 18.9 Å². The van der Waals surface area contributed by atoms with Gasteiger partial charge in [0.1, 0.15) is 0 Å². The fourth-order valence-electron chi connectivity index (χ4n) is 2.83. The third-order valence-electron chi connectivity index (χ3n) is 3.89. The summed E-state index contributed by atoms with van der Waals surface area (Å²) < 4.78 is 0. The fourth-order valence-corrected chi connectivity index (χ4v) is 2.83. The van der Waals surface area contributed by atoms with Gasteiger partial charge in [-0.1, -0.05) is 26.0 Å². The van der Waals surface area contributed by atoms with E-state index >= 15 is 0 Å². The molecule has 0 saturated carbocycles. The molecule has 98 valence electrons. The van der Waals surface area contributed by atoms with Gasteiger partial charge in [0.15, 0.2) is 5.78 Å². The highest BCUT2D eigenvalue weighted by molar-refractivity contribution is 6.00. The molecule has 1 unspecified atom stereocenters. The minimum atomic E-state index is -0.0772. The molecule has 0 aromatic heterocycles. The normalized spacial score (nSPS) is 16.4. The Morgan fingerprint density at radius 2 is 1.83 bits per heavy atom. The van der Waals surface area contributed by atoms with Crippen LogP contribution in [0, 0.1) is 5.92 Å². The number of carbonyl (C=O) groups is 1. The smallest absolute Gasteiger partial charge is 0.179 e. The first-order valence-corrected chi connectivity index (χ1v) is 6.96. The van der Waals surface area contributed by atoms with E-state index in [0.717, 1.165) is 12.0 Å². The molecule has 1 aromatic carbocycles. The van der Waals surface area contributed by atoms with Crippen LogP contribution in [0.4, 0.5) is 0 Å². The van der Waals surface area contributed by atoms with E-state index in [9.17, 15) is 4.79 Å². The predicted molar refractivity (Wildman–Crippen MR) is 75.1 cm³/mol. The summed E-state index contributed by atoms with van der Waals surface area (Å²) in [5, 5.41) is 3.13. The number of ketones is 1. The molecule has 0 aliphatic heterocycles. The number of benzene rings is 1. The van der Waals surface area contributed by atoms with Gasteiger partial charge >= 0.3 is 0 Å². The zero-order chi connectivity index (χ0) is 13.1. The molecule has 2 rings (SSSR count). The van der Waals surface area contributed by atoms with Crippen LogP contribution in [0.15, 0.2) is 18.2 Å². The molecular formula is C16H23NO. The van der Waals surface area contributed by atoms with E-state index in [2.05, 4.69) is 31.3 Å². The monoisotopic (exact) mass is 245 g/mol. The van der Waals surface area contributed by atoms with E-state index in [1.54, 1.807) is 0 Å². The molecule has 1 atom stereocenters. The maximum Gasteiger partial charge on any atom is 0.179 e. The Balaban J connectivity index is 2.25. The molecule has 0 heterocycles. The number of hydrogen-bond acceptors (Lipinski definition) is 2. The summed E-state index contributed by atoms with van der Waals surface area (Å²) in [5.74, 6) is 0.541. The lowest BCUT2D eigenvalue weighted by atomic mass is 9.87. The first-order valence-electron chi connectivity index (χ1n) is 6.96. The zero-order valence-electron chi connectivity index (χ0n) is 11.6. The molecule has 1 N–H and O–H groups in total. The average Bonchev–Trinajstić information content (AvgIpc) is 2.38. The van der Waals surface area contributed by atoms with Crippen molar-refractivity contribution in [2.75, 3.05) is 7.05 Å². The largest absolute Gasteiger partial charge is 0.310 e. The van der Waals surface area contributed by atoms with Crippen molar-refractivity contribution in [2.45, 2.75) is 45.6 Å². The Kier molecular flexibility index (Phi) is 4.18. The van der Waals surface area contributed by atoms with Crippen LogP contribution >= 0.6 is 0 Å². The Labute approximate surface area is 110 Å². The fraction of sp³-hybridized carbons (Fsp3) is 0.562. The molecule has 1 aliphatic carbocycles. The predicted octanol–water partition coefficient (Wildman–Crippen LogP) is 2.99. The first kappa shape index (κ1) is 13.3. The zero-order valence-corrected chi connectivity index (χ0v) is 11.6. The van der Waals surface area contributed by atoms with Gasteiger partial charge in [0.2, 0.25) is 0 Å². The van der Waals surface area contributed by atoms with Crippen LogP contribution in [0.25, 0.3) is 0 Å². The second-order valence-corrected chi connectivity index (χ2v) is 5.57. The summed E-state index contributed by atoms with van der Waals surface area (Å²) in [6.45, 7) is 4.16. The van der Waals surface area contributed by atoms with Gasteiger partial charge in [-0.3, -0.25) is 4.79 Å². The quantitative estimate of drug-likeness (QED) is 0.826. The van der Waals surface area contributed by atoms with Crippen molar-refractivity contribution >= 4 is 5.78 Å². The molecule has 1 aliphatic rings. The molecule has 0 radical (unpaired) electrons. The summed E-state index contributed by atoms with van der Waals surface area (Å²) in [5.41, 5.74) is 3.68. The van der Waals surface area contributed by atoms with Crippen LogP contribution in [0.5, 0.6) is 0 Å². The van der Waals surface area contributed by atoms with Crippen LogP contribution < -0.4 is 5.32 Å². The van der Waals surface area contributed by atoms with Crippen molar-refractivity contribution in [3.8, 4) is 0 Å². The van der Waals surface area contributed by atoms with Crippen molar-refractivity contribution in [1.29, 1.82) is 0 Å². The maximum atomic E-state index is 12.4. The molecule has 0 bridgehead atoms. The molecule has 0 spiro atoms. The Hall–Kier alpha value is -1.15. The third kappa shape index (κ3) is 2.64. The Morgan fingerprint density at radius 3 is 2.44 bits per heavy atom. The number of rotatable bonds is 4. The molecule has 2 nitrogen and oxygen atoms in total. The van der Waals surface area contributed by atoms with Crippen molar-refractivity contribution in [3.63, 3.8) is 0 Å². The summed E-state index contributed by atoms with van der Waals surface area (Å²) in [6.07, 6.45) is 4.83. The highest BCUT2D eigenvalue weighted by atomic mass is 16.1. The molecule has 1 aromatic rings. The van der Waals surface area contributed by atoms with Gasteiger partial charge in [-0.05, 0) is 55.8 Å². The van der Waals surface area contributed by atoms with E-state index < -0.39 is 0 Å². The molecule has 0 amide bonds. The van der Waals surface area contributed by atoms with Gasteiger partial charge in [-0.15, -0.1) is 0 Å². The number of likely N-dealkylation sites (N-methyl/N-ethyl adjacent to an activating group) is 1. The lowest BCUT2D eigenvalue weighted by Crippen LogP contribution is -2.38. The minimum Gasteiger partial charge on any atom is -0.310 e. The van der Waals surface area contributed by atoms with E-state index in [4.69, 9.17) is 0 Å². The van der Waals surface area contributed by atoms with E-state index in [1.165, 1.54) is 30.4 Å². The molecule has 0 saturated heterocycles. The Morgan fingerprint density at radius 1 is 1.17 bits per heavy atom. The maximum absolute atomic E-state index is 12.4. The summed E-state index contributed by atoms with van der Waals surface area (Å²) in [6, 6.07) is 6.18. The topological polar surface area (TPSA) is 29.1 Å². The van der Waals surface area contributed by atoms with Crippen molar-refractivity contribution in [3.05, 3.63) is 34.9 Å². The van der Waals surface area contributed by atoms with Gasteiger partial charge in [-0.2, -0.15) is 0 Å². The van der Waals surface area contributed by atoms with Crippen molar-refractivity contribution < 1.29 is 4.79 Å². The van der Waals surface area contributed by atoms with Crippen molar-refractivity contribution in [2.24, 2.45) is 5.92 Å². The summed E-state index contributed by atoms with van der Waals surface area (Å²) in [7, 11) is 1.86. The number of aryl methyl sites for hydroxylation is 2. The summed E-state index contributed by atoms with van der Waals surface area (Å²) >= 11 is 0. The van der Waals surface area contributed by atoms with Crippen molar-refractivity contribution in [1.82, 2.24) is 5.32 Å². The van der Waals surface area contributed by atoms with Crippen LogP contribution in [0.3, 0.4) is 0 Å². The first-order chi connectivity index (χ1) is 8.63. The van der Waals surface area contributed by atoms with Crippen LogP contribution in [0.2, 0.25) is 0 Å². The van der Waals surface area contributed by atoms with Gasteiger partial charge in [0.05, 0.1) is 6.04 Å². The number of nitrogens with one attached hydrogen (secondary N) is 1. The van der Waals surface area contributed by atoms with E-state index in [1.807, 2.05) is 13.1 Å². The molecule has 2 heteroatoms. The molecule has 18 heavy (non-hydrogen) atoms. The van der Waals surface area contributed by atoms with Gasteiger partial charge < -0.3 is 5.32 Å². The minimum absolute atomic E-state index is 0.0772.